The normalized spacial score (nSPS) is 10.4. The highest BCUT2D eigenvalue weighted by Gasteiger charge is 2.19. The summed E-state index contributed by atoms with van der Waals surface area (Å²) < 4.78 is 5.11. The van der Waals surface area contributed by atoms with Crippen LogP contribution in [0.2, 0.25) is 0 Å². The van der Waals surface area contributed by atoms with Crippen molar-refractivity contribution in [1.29, 1.82) is 0 Å². The fourth-order valence-electron chi connectivity index (χ4n) is 2.57. The number of nitro groups is 1. The number of hydrogen-bond acceptors (Lipinski definition) is 7. The van der Waals surface area contributed by atoms with E-state index in [9.17, 15) is 19.7 Å². The van der Waals surface area contributed by atoms with E-state index in [1.54, 1.807) is 13.8 Å². The number of anilines is 1. The van der Waals surface area contributed by atoms with Gasteiger partial charge in [0.15, 0.2) is 6.61 Å². The molecule has 0 unspecified atom stereocenters. The van der Waals surface area contributed by atoms with Gasteiger partial charge in [-0.05, 0) is 25.5 Å². The van der Waals surface area contributed by atoms with Crippen LogP contribution in [0, 0.1) is 24.0 Å². The Hall–Kier alpha value is -3.59. The molecule has 1 N–H and O–H groups in total. The van der Waals surface area contributed by atoms with E-state index in [4.69, 9.17) is 4.74 Å². The van der Waals surface area contributed by atoms with Gasteiger partial charge in [-0.25, -0.2) is 9.78 Å². The van der Waals surface area contributed by atoms with Gasteiger partial charge in [0, 0.05) is 23.4 Å². The third kappa shape index (κ3) is 4.82. The lowest BCUT2D eigenvalue weighted by atomic mass is 10.2. The number of benzene rings is 2. The molecule has 0 fully saturated rings. The second kappa shape index (κ2) is 8.61. The van der Waals surface area contributed by atoms with Crippen molar-refractivity contribution in [2.75, 3.05) is 11.9 Å². The number of aromatic nitrogens is 1. The van der Waals surface area contributed by atoms with Crippen molar-refractivity contribution < 1.29 is 19.2 Å². The van der Waals surface area contributed by atoms with Crippen LogP contribution in [0.25, 0.3) is 10.6 Å². The number of non-ortho nitro benzene ring substituents is 1. The van der Waals surface area contributed by atoms with Gasteiger partial charge in [-0.3, -0.25) is 14.9 Å². The Balaban J connectivity index is 1.62. The van der Waals surface area contributed by atoms with Gasteiger partial charge in [0.1, 0.15) is 9.88 Å². The predicted octanol–water partition coefficient (Wildman–Crippen LogP) is 4.13. The van der Waals surface area contributed by atoms with Crippen molar-refractivity contribution in [2.24, 2.45) is 0 Å². The van der Waals surface area contributed by atoms with Crippen LogP contribution in [0.1, 0.15) is 20.9 Å². The molecule has 0 radical (unpaired) electrons. The molecular formula is C20H17N3O5S. The zero-order chi connectivity index (χ0) is 21.0. The van der Waals surface area contributed by atoms with Gasteiger partial charge in [-0.1, -0.05) is 30.3 Å². The smallest absolute Gasteiger partial charge is 0.350 e. The van der Waals surface area contributed by atoms with Crippen molar-refractivity contribution in [2.45, 2.75) is 13.8 Å². The van der Waals surface area contributed by atoms with E-state index < -0.39 is 23.4 Å². The summed E-state index contributed by atoms with van der Waals surface area (Å²) in [6, 6.07) is 13.5. The van der Waals surface area contributed by atoms with Gasteiger partial charge >= 0.3 is 5.97 Å². The third-order valence-corrected chi connectivity index (χ3v) is 5.22. The quantitative estimate of drug-likeness (QED) is 0.371. The van der Waals surface area contributed by atoms with Gasteiger partial charge in [0.2, 0.25) is 0 Å². The minimum Gasteiger partial charge on any atom is -0.451 e. The maximum Gasteiger partial charge on any atom is 0.350 e. The number of aryl methyl sites for hydroxylation is 2. The Morgan fingerprint density at radius 3 is 2.55 bits per heavy atom. The fourth-order valence-corrected chi connectivity index (χ4v) is 3.54. The molecule has 0 saturated heterocycles. The highest BCUT2D eigenvalue weighted by Crippen LogP contribution is 2.28. The van der Waals surface area contributed by atoms with Crippen LogP contribution in [0.4, 0.5) is 11.4 Å². The third-order valence-electron chi connectivity index (χ3n) is 4.03. The highest BCUT2D eigenvalue weighted by atomic mass is 32.1. The van der Waals surface area contributed by atoms with E-state index in [2.05, 4.69) is 10.3 Å². The van der Waals surface area contributed by atoms with Crippen LogP contribution in [0.5, 0.6) is 0 Å². The molecule has 3 rings (SSSR count). The number of nitrogens with one attached hydrogen (secondary N) is 1. The van der Waals surface area contributed by atoms with Gasteiger partial charge < -0.3 is 10.1 Å². The second-order valence-electron chi connectivity index (χ2n) is 6.18. The van der Waals surface area contributed by atoms with Crippen molar-refractivity contribution in [1.82, 2.24) is 4.98 Å². The molecule has 3 aromatic rings. The number of carbonyl (C=O) groups is 2. The molecule has 2 aromatic carbocycles. The number of rotatable bonds is 6. The maximum atomic E-state index is 12.3. The first-order chi connectivity index (χ1) is 13.8. The molecule has 0 spiro atoms. The molecule has 1 amide bonds. The molecule has 1 aromatic heterocycles. The Kier molecular flexibility index (Phi) is 5.99. The van der Waals surface area contributed by atoms with E-state index >= 15 is 0 Å². The highest BCUT2D eigenvalue weighted by molar-refractivity contribution is 7.17. The molecule has 0 saturated carbocycles. The first-order valence-electron chi connectivity index (χ1n) is 8.60. The molecular weight excluding hydrogens is 394 g/mol. The Labute approximate surface area is 170 Å². The predicted molar refractivity (Wildman–Crippen MR) is 109 cm³/mol. The van der Waals surface area contributed by atoms with E-state index in [-0.39, 0.29) is 5.69 Å². The number of hydrogen-bond donors (Lipinski definition) is 1. The Morgan fingerprint density at radius 2 is 1.90 bits per heavy atom. The second-order valence-corrected chi connectivity index (χ2v) is 7.18. The standard InChI is InChI=1S/C20H17N3O5S/c1-12-10-15(23(26)27)8-9-16(12)22-17(24)11-28-20(25)18-13(2)21-19(29-18)14-6-4-3-5-7-14/h3-10H,11H2,1-2H3,(H,22,24). The molecule has 1 heterocycles. The minimum absolute atomic E-state index is 0.0678. The average Bonchev–Trinajstić information content (AvgIpc) is 3.10. The van der Waals surface area contributed by atoms with Crippen LogP contribution in [0.15, 0.2) is 48.5 Å². The van der Waals surface area contributed by atoms with E-state index in [0.29, 0.717) is 26.8 Å². The summed E-state index contributed by atoms with van der Waals surface area (Å²) in [5.41, 5.74) is 2.31. The summed E-state index contributed by atoms with van der Waals surface area (Å²) in [5.74, 6) is -1.17. The molecule has 0 aliphatic heterocycles. The van der Waals surface area contributed by atoms with Gasteiger partial charge in [-0.15, -0.1) is 11.3 Å². The van der Waals surface area contributed by atoms with Crippen LogP contribution < -0.4 is 5.32 Å². The SMILES string of the molecule is Cc1cc([N+](=O)[O-])ccc1NC(=O)COC(=O)c1sc(-c2ccccc2)nc1C. The Bertz CT molecular complexity index is 1080. The fraction of sp³-hybridized carbons (Fsp3) is 0.150. The summed E-state index contributed by atoms with van der Waals surface area (Å²) in [5, 5.41) is 14.0. The average molecular weight is 411 g/mol. The maximum absolute atomic E-state index is 12.3. The van der Waals surface area contributed by atoms with E-state index in [1.165, 1.54) is 29.5 Å². The van der Waals surface area contributed by atoms with Crippen LogP contribution in [-0.2, 0) is 9.53 Å². The lowest BCUT2D eigenvalue weighted by Gasteiger charge is -2.08. The summed E-state index contributed by atoms with van der Waals surface area (Å²) in [7, 11) is 0. The van der Waals surface area contributed by atoms with Crippen molar-refractivity contribution in [3.63, 3.8) is 0 Å². The van der Waals surface area contributed by atoms with Crippen molar-refractivity contribution in [3.8, 4) is 10.6 Å². The molecule has 9 heteroatoms. The number of thiazole rings is 1. The molecule has 0 bridgehead atoms. The number of nitrogens with zero attached hydrogens (tertiary/aromatic N) is 2. The Morgan fingerprint density at radius 1 is 1.17 bits per heavy atom. The van der Waals surface area contributed by atoms with Crippen molar-refractivity contribution >= 4 is 34.6 Å². The van der Waals surface area contributed by atoms with Crippen LogP contribution >= 0.6 is 11.3 Å². The van der Waals surface area contributed by atoms with Gasteiger partial charge in [-0.2, -0.15) is 0 Å². The molecule has 8 nitrogen and oxygen atoms in total. The molecule has 0 aliphatic carbocycles. The minimum atomic E-state index is -0.627. The zero-order valence-electron chi connectivity index (χ0n) is 15.7. The van der Waals surface area contributed by atoms with Gasteiger partial charge in [0.05, 0.1) is 10.6 Å². The largest absolute Gasteiger partial charge is 0.451 e. The summed E-state index contributed by atoms with van der Waals surface area (Å²) in [6.45, 7) is 2.87. The molecule has 29 heavy (non-hydrogen) atoms. The van der Waals surface area contributed by atoms with Crippen LogP contribution in [-0.4, -0.2) is 28.4 Å². The zero-order valence-corrected chi connectivity index (χ0v) is 16.5. The van der Waals surface area contributed by atoms with Crippen LogP contribution in [0.3, 0.4) is 0 Å². The number of carbonyl (C=O) groups excluding carboxylic acids is 2. The lowest BCUT2D eigenvalue weighted by Crippen LogP contribution is -2.21. The monoisotopic (exact) mass is 411 g/mol. The number of esters is 1. The van der Waals surface area contributed by atoms with E-state index in [0.717, 1.165) is 5.56 Å². The van der Waals surface area contributed by atoms with Gasteiger partial charge in [0.25, 0.3) is 11.6 Å². The molecule has 0 atom stereocenters. The van der Waals surface area contributed by atoms with Crippen molar-refractivity contribution in [3.05, 3.63) is 74.8 Å². The first kappa shape index (κ1) is 20.2. The number of ether oxygens (including phenoxy) is 1. The lowest BCUT2D eigenvalue weighted by molar-refractivity contribution is -0.384. The number of amides is 1. The number of nitro benzene ring substituents is 1. The molecule has 0 aliphatic rings. The summed E-state index contributed by atoms with van der Waals surface area (Å²) >= 11 is 1.20. The van der Waals surface area contributed by atoms with E-state index in [1.807, 2.05) is 30.3 Å². The molecule has 148 valence electrons. The first-order valence-corrected chi connectivity index (χ1v) is 9.41. The topological polar surface area (TPSA) is 111 Å². The summed E-state index contributed by atoms with van der Waals surface area (Å²) in [6.07, 6.45) is 0. The summed E-state index contributed by atoms with van der Waals surface area (Å²) in [4.78, 5) is 39.4.